The number of benzene rings is 1. The van der Waals surface area contributed by atoms with Gasteiger partial charge < -0.3 is 10.2 Å². The van der Waals surface area contributed by atoms with Crippen molar-refractivity contribution in [2.45, 2.75) is 13.1 Å². The summed E-state index contributed by atoms with van der Waals surface area (Å²) < 4.78 is 0. The highest BCUT2D eigenvalue weighted by molar-refractivity contribution is 6.28. The summed E-state index contributed by atoms with van der Waals surface area (Å²) in [5.41, 5.74) is 1.99. The van der Waals surface area contributed by atoms with Crippen molar-refractivity contribution in [2.75, 3.05) is 11.4 Å². The van der Waals surface area contributed by atoms with Crippen LogP contribution in [-0.2, 0) is 17.9 Å². The maximum Gasteiger partial charge on any atom is 0.239 e. The summed E-state index contributed by atoms with van der Waals surface area (Å²) in [7, 11) is 0. The molecular formula is C14H13ClN4O. The number of hydrogen-bond acceptors (Lipinski definition) is 4. The quantitative estimate of drug-likeness (QED) is 0.856. The number of nitrogens with zero attached hydrogens (tertiary/aromatic N) is 3. The minimum Gasteiger partial charge on any atom is -0.350 e. The van der Waals surface area contributed by atoms with Crippen LogP contribution in [0.2, 0.25) is 5.28 Å². The average Bonchev–Trinajstić information content (AvgIpc) is 2.60. The Morgan fingerprint density at radius 1 is 1.30 bits per heavy atom. The Balaban J connectivity index is 1.96. The van der Waals surface area contributed by atoms with Gasteiger partial charge in [-0.15, -0.1) is 0 Å². The second kappa shape index (κ2) is 5.46. The van der Waals surface area contributed by atoms with Crippen LogP contribution >= 0.6 is 11.6 Å². The Morgan fingerprint density at radius 2 is 2.10 bits per heavy atom. The molecule has 0 saturated heterocycles. The third kappa shape index (κ3) is 2.72. The Labute approximate surface area is 121 Å². The average molecular weight is 289 g/mol. The fourth-order valence-electron chi connectivity index (χ4n) is 2.21. The molecule has 1 amide bonds. The van der Waals surface area contributed by atoms with Crippen molar-refractivity contribution in [1.29, 1.82) is 0 Å². The van der Waals surface area contributed by atoms with Crippen molar-refractivity contribution in [3.05, 3.63) is 52.9 Å². The van der Waals surface area contributed by atoms with Gasteiger partial charge in [-0.25, -0.2) is 9.97 Å². The number of halogens is 1. The summed E-state index contributed by atoms with van der Waals surface area (Å²) in [4.78, 5) is 22.0. The standard InChI is InChI=1S/C14H13ClN4O/c15-14-17-7-11-6-16-12(20)9-19(13(11)18-14)8-10-4-2-1-3-5-10/h1-5,7H,6,8-9H2,(H,16,20). The zero-order valence-electron chi connectivity index (χ0n) is 10.7. The fourth-order valence-corrected chi connectivity index (χ4v) is 2.34. The number of aromatic nitrogens is 2. The molecule has 102 valence electrons. The van der Waals surface area contributed by atoms with E-state index in [1.165, 1.54) is 0 Å². The summed E-state index contributed by atoms with van der Waals surface area (Å²) in [6, 6.07) is 9.95. The van der Waals surface area contributed by atoms with E-state index < -0.39 is 0 Å². The first kappa shape index (κ1) is 12.9. The maximum absolute atomic E-state index is 11.8. The molecule has 0 bridgehead atoms. The second-order valence-electron chi connectivity index (χ2n) is 4.61. The summed E-state index contributed by atoms with van der Waals surface area (Å²) in [6.07, 6.45) is 1.66. The fraction of sp³-hybridized carbons (Fsp3) is 0.214. The molecule has 0 unspecified atom stereocenters. The van der Waals surface area contributed by atoms with Crippen LogP contribution in [0.15, 0.2) is 36.5 Å². The summed E-state index contributed by atoms with van der Waals surface area (Å²) in [6.45, 7) is 1.29. The molecule has 2 heterocycles. The van der Waals surface area contributed by atoms with Crippen molar-refractivity contribution >= 4 is 23.3 Å². The summed E-state index contributed by atoms with van der Waals surface area (Å²) in [5, 5.41) is 3.02. The molecule has 1 aliphatic heterocycles. The summed E-state index contributed by atoms with van der Waals surface area (Å²) >= 11 is 5.88. The van der Waals surface area contributed by atoms with Crippen molar-refractivity contribution in [2.24, 2.45) is 0 Å². The first-order valence-electron chi connectivity index (χ1n) is 6.29. The predicted octanol–water partition coefficient (Wildman–Crippen LogP) is 1.77. The van der Waals surface area contributed by atoms with Crippen LogP contribution in [-0.4, -0.2) is 22.4 Å². The van der Waals surface area contributed by atoms with Gasteiger partial charge >= 0.3 is 0 Å². The van der Waals surface area contributed by atoms with Gasteiger partial charge in [0.25, 0.3) is 0 Å². The lowest BCUT2D eigenvalue weighted by Crippen LogP contribution is -2.33. The van der Waals surface area contributed by atoms with Gasteiger partial charge in [-0.1, -0.05) is 30.3 Å². The largest absolute Gasteiger partial charge is 0.350 e. The highest BCUT2D eigenvalue weighted by atomic mass is 35.5. The molecule has 0 radical (unpaired) electrons. The number of fused-ring (bicyclic) bond motifs is 1. The molecule has 1 aromatic carbocycles. The van der Waals surface area contributed by atoms with Crippen LogP contribution in [0.5, 0.6) is 0 Å². The number of carbonyl (C=O) groups excluding carboxylic acids is 1. The lowest BCUT2D eigenvalue weighted by atomic mass is 10.2. The van der Waals surface area contributed by atoms with Gasteiger partial charge in [0.05, 0.1) is 6.54 Å². The number of anilines is 1. The SMILES string of the molecule is O=C1CN(Cc2ccccc2)c2nc(Cl)ncc2CN1. The van der Waals surface area contributed by atoms with Crippen molar-refractivity contribution in [1.82, 2.24) is 15.3 Å². The molecule has 5 nitrogen and oxygen atoms in total. The molecule has 0 saturated carbocycles. The Kier molecular flexibility index (Phi) is 3.52. The Bertz CT molecular complexity index is 632. The van der Waals surface area contributed by atoms with E-state index in [2.05, 4.69) is 15.3 Å². The first-order chi connectivity index (χ1) is 9.72. The minimum atomic E-state index is -0.0324. The lowest BCUT2D eigenvalue weighted by Gasteiger charge is -2.22. The van der Waals surface area contributed by atoms with E-state index in [4.69, 9.17) is 11.6 Å². The topological polar surface area (TPSA) is 58.1 Å². The molecule has 6 heteroatoms. The molecule has 0 spiro atoms. The van der Waals surface area contributed by atoms with Gasteiger partial charge in [-0.2, -0.15) is 0 Å². The van der Waals surface area contributed by atoms with E-state index >= 15 is 0 Å². The molecular weight excluding hydrogens is 276 g/mol. The lowest BCUT2D eigenvalue weighted by molar-refractivity contribution is -0.119. The smallest absolute Gasteiger partial charge is 0.239 e. The van der Waals surface area contributed by atoms with E-state index in [1.54, 1.807) is 6.20 Å². The number of nitrogens with one attached hydrogen (secondary N) is 1. The van der Waals surface area contributed by atoms with Gasteiger partial charge in [-0.05, 0) is 17.2 Å². The van der Waals surface area contributed by atoms with E-state index in [-0.39, 0.29) is 17.7 Å². The van der Waals surface area contributed by atoms with Crippen molar-refractivity contribution < 1.29 is 4.79 Å². The third-order valence-corrected chi connectivity index (χ3v) is 3.32. The second-order valence-corrected chi connectivity index (χ2v) is 4.94. The van der Waals surface area contributed by atoms with Crippen LogP contribution < -0.4 is 10.2 Å². The first-order valence-corrected chi connectivity index (χ1v) is 6.67. The molecule has 20 heavy (non-hydrogen) atoms. The van der Waals surface area contributed by atoms with Crippen LogP contribution in [0, 0.1) is 0 Å². The zero-order chi connectivity index (χ0) is 13.9. The van der Waals surface area contributed by atoms with Crippen LogP contribution in [0.4, 0.5) is 5.82 Å². The maximum atomic E-state index is 11.8. The number of amides is 1. The van der Waals surface area contributed by atoms with Crippen molar-refractivity contribution in [3.63, 3.8) is 0 Å². The Morgan fingerprint density at radius 3 is 2.90 bits per heavy atom. The molecule has 0 atom stereocenters. The van der Waals surface area contributed by atoms with E-state index in [0.717, 1.165) is 11.1 Å². The van der Waals surface area contributed by atoms with E-state index in [0.29, 0.717) is 18.9 Å². The van der Waals surface area contributed by atoms with Gasteiger partial charge in [0.2, 0.25) is 11.2 Å². The number of carbonyl (C=O) groups is 1. The van der Waals surface area contributed by atoms with Crippen LogP contribution in [0.1, 0.15) is 11.1 Å². The van der Waals surface area contributed by atoms with Crippen LogP contribution in [0.25, 0.3) is 0 Å². The molecule has 2 aromatic rings. The normalized spacial score (nSPS) is 14.4. The molecule has 0 fully saturated rings. The van der Waals surface area contributed by atoms with Gasteiger partial charge in [-0.3, -0.25) is 4.79 Å². The molecule has 0 aliphatic carbocycles. The van der Waals surface area contributed by atoms with Gasteiger partial charge in [0.15, 0.2) is 0 Å². The minimum absolute atomic E-state index is 0.0324. The zero-order valence-corrected chi connectivity index (χ0v) is 11.5. The van der Waals surface area contributed by atoms with E-state index in [1.807, 2.05) is 35.2 Å². The Hall–Kier alpha value is -2.14. The molecule has 3 rings (SSSR count). The third-order valence-electron chi connectivity index (χ3n) is 3.14. The number of rotatable bonds is 2. The molecule has 1 aromatic heterocycles. The predicted molar refractivity (Wildman–Crippen MR) is 76.4 cm³/mol. The van der Waals surface area contributed by atoms with Crippen LogP contribution in [0.3, 0.4) is 0 Å². The van der Waals surface area contributed by atoms with Gasteiger partial charge in [0.1, 0.15) is 5.82 Å². The van der Waals surface area contributed by atoms with Crippen molar-refractivity contribution in [3.8, 4) is 0 Å². The van der Waals surface area contributed by atoms with E-state index in [9.17, 15) is 4.79 Å². The summed E-state index contributed by atoms with van der Waals surface area (Å²) in [5.74, 6) is 0.683. The molecule has 1 aliphatic rings. The highest BCUT2D eigenvalue weighted by Gasteiger charge is 2.21. The monoisotopic (exact) mass is 288 g/mol. The molecule has 1 N–H and O–H groups in total. The number of hydrogen-bond donors (Lipinski definition) is 1. The highest BCUT2D eigenvalue weighted by Crippen LogP contribution is 2.22. The van der Waals surface area contributed by atoms with Gasteiger partial charge in [0, 0.05) is 24.8 Å².